The predicted molar refractivity (Wildman–Crippen MR) is 126 cm³/mol. The largest absolute Gasteiger partial charge is 0.490 e. The number of aromatic amines is 1. The summed E-state index contributed by atoms with van der Waals surface area (Å²) in [6, 6.07) is 10.1. The molecule has 0 spiro atoms. The molecule has 0 aliphatic carbocycles. The number of rotatable bonds is 5. The van der Waals surface area contributed by atoms with Gasteiger partial charge in [-0.1, -0.05) is 0 Å². The van der Waals surface area contributed by atoms with E-state index in [-0.39, 0.29) is 11.5 Å². The molecule has 0 saturated carbocycles. The van der Waals surface area contributed by atoms with Crippen LogP contribution < -0.4 is 19.5 Å². The van der Waals surface area contributed by atoms with Gasteiger partial charge in [0, 0.05) is 60.4 Å². The van der Waals surface area contributed by atoms with Crippen molar-refractivity contribution in [1.82, 2.24) is 20.2 Å². The van der Waals surface area contributed by atoms with E-state index in [1.54, 1.807) is 47.5 Å². The molecule has 9 heteroatoms. The molecular formula is C25H25FN4O4. The molecule has 8 nitrogen and oxygen atoms in total. The summed E-state index contributed by atoms with van der Waals surface area (Å²) in [5.74, 6) is 0.680. The monoisotopic (exact) mass is 464 g/mol. The number of piperazine rings is 1. The number of ether oxygens (including phenoxy) is 3. The van der Waals surface area contributed by atoms with Gasteiger partial charge in [0.1, 0.15) is 5.75 Å². The molecule has 176 valence electrons. The zero-order valence-electron chi connectivity index (χ0n) is 19.0. The lowest BCUT2D eigenvalue weighted by atomic mass is 10.1. The summed E-state index contributed by atoms with van der Waals surface area (Å²) in [4.78, 5) is 21.9. The predicted octanol–water partition coefficient (Wildman–Crippen LogP) is 4.76. The maximum Gasteiger partial charge on any atom is 0.415 e. The molecule has 1 amide bonds. The van der Waals surface area contributed by atoms with Crippen molar-refractivity contribution in [2.45, 2.75) is 13.8 Å². The number of pyridine rings is 1. The lowest BCUT2D eigenvalue weighted by Crippen LogP contribution is -2.47. The zero-order valence-corrected chi connectivity index (χ0v) is 19.0. The summed E-state index contributed by atoms with van der Waals surface area (Å²) >= 11 is 0. The van der Waals surface area contributed by atoms with Crippen LogP contribution in [0.2, 0.25) is 0 Å². The highest BCUT2D eigenvalue weighted by molar-refractivity contribution is 5.89. The van der Waals surface area contributed by atoms with Crippen LogP contribution in [0.3, 0.4) is 0 Å². The number of benzene rings is 2. The van der Waals surface area contributed by atoms with Crippen LogP contribution in [0.25, 0.3) is 21.8 Å². The van der Waals surface area contributed by atoms with Gasteiger partial charge in [0.25, 0.3) is 0 Å². The highest BCUT2D eigenvalue weighted by Crippen LogP contribution is 2.39. The number of hydrogen-bond acceptors (Lipinski definition) is 6. The minimum Gasteiger partial charge on any atom is -0.490 e. The summed E-state index contributed by atoms with van der Waals surface area (Å²) in [6.45, 7) is 6.66. The summed E-state index contributed by atoms with van der Waals surface area (Å²) in [5, 5.41) is 4.23. The Hall–Kier alpha value is -3.85. The summed E-state index contributed by atoms with van der Waals surface area (Å²) in [5.41, 5.74) is 2.13. The van der Waals surface area contributed by atoms with E-state index in [9.17, 15) is 4.79 Å². The van der Waals surface area contributed by atoms with Gasteiger partial charge >= 0.3 is 6.09 Å². The van der Waals surface area contributed by atoms with Gasteiger partial charge < -0.3 is 29.4 Å². The second-order valence-electron chi connectivity index (χ2n) is 8.06. The molecule has 1 saturated heterocycles. The van der Waals surface area contributed by atoms with Crippen LogP contribution in [-0.2, 0) is 0 Å². The second-order valence-corrected chi connectivity index (χ2v) is 8.06. The highest BCUT2D eigenvalue weighted by atomic mass is 19.1. The number of hydrogen-bond donors (Lipinski definition) is 2. The third kappa shape index (κ3) is 4.22. The Morgan fingerprint density at radius 3 is 2.68 bits per heavy atom. The maximum absolute atomic E-state index is 15.1. The maximum atomic E-state index is 15.1. The number of nitrogens with zero attached hydrogens (tertiary/aromatic N) is 2. The fourth-order valence-electron chi connectivity index (χ4n) is 4.06. The van der Waals surface area contributed by atoms with Crippen LogP contribution >= 0.6 is 0 Å². The van der Waals surface area contributed by atoms with Crippen molar-refractivity contribution in [3.8, 4) is 23.0 Å². The average molecular weight is 464 g/mol. The number of halogens is 1. The Labute approximate surface area is 195 Å². The van der Waals surface area contributed by atoms with Gasteiger partial charge in [0.2, 0.25) is 0 Å². The Bertz CT molecular complexity index is 1360. The number of carbonyl (C=O) groups is 1. The van der Waals surface area contributed by atoms with Gasteiger partial charge in [0.05, 0.1) is 12.1 Å². The van der Waals surface area contributed by atoms with Gasteiger partial charge in [-0.05, 0) is 44.2 Å². The van der Waals surface area contributed by atoms with Gasteiger partial charge in [-0.2, -0.15) is 0 Å². The van der Waals surface area contributed by atoms with Crippen molar-refractivity contribution in [3.05, 3.63) is 54.1 Å². The van der Waals surface area contributed by atoms with E-state index in [1.807, 2.05) is 13.8 Å². The van der Waals surface area contributed by atoms with E-state index in [0.29, 0.717) is 66.1 Å². The number of aromatic nitrogens is 2. The Balaban J connectivity index is 1.52. The summed E-state index contributed by atoms with van der Waals surface area (Å²) in [6.07, 6.45) is 1.13. The number of fused-ring (bicyclic) bond motifs is 2. The van der Waals surface area contributed by atoms with Gasteiger partial charge in [0.15, 0.2) is 23.1 Å². The molecule has 0 radical (unpaired) electrons. The molecule has 3 heterocycles. The SMILES string of the molecule is CCOc1cc2nccc(Oc3ccc4[nH]c(C)cc4c3F)c2cc1OC(=O)N1CCNCC1. The highest BCUT2D eigenvalue weighted by Gasteiger charge is 2.21. The molecule has 1 fully saturated rings. The fourth-order valence-corrected chi connectivity index (χ4v) is 4.06. The van der Waals surface area contributed by atoms with Crippen LogP contribution in [0, 0.1) is 12.7 Å². The van der Waals surface area contributed by atoms with Gasteiger partial charge in [-0.15, -0.1) is 0 Å². The number of aryl methyl sites for hydroxylation is 1. The van der Waals surface area contributed by atoms with Crippen molar-refractivity contribution < 1.29 is 23.4 Å². The average Bonchev–Trinajstić information content (AvgIpc) is 3.23. The standard InChI is InChI=1S/C25H25FN4O4/c1-3-32-22-14-19-16(13-23(22)34-25(31)30-10-8-27-9-11-30)20(6-7-28-19)33-21-5-4-18-17(24(21)26)12-15(2)29-18/h4-7,12-14,27,29H,3,8-11H2,1-2H3. The van der Waals surface area contributed by atoms with Crippen LogP contribution in [0.1, 0.15) is 12.6 Å². The first-order valence-electron chi connectivity index (χ1n) is 11.2. The first-order chi connectivity index (χ1) is 16.5. The molecule has 2 aromatic heterocycles. The van der Waals surface area contributed by atoms with Crippen LogP contribution in [0.5, 0.6) is 23.0 Å². The van der Waals surface area contributed by atoms with Gasteiger partial charge in [-0.25, -0.2) is 9.18 Å². The van der Waals surface area contributed by atoms with Crippen LogP contribution in [0.15, 0.2) is 42.6 Å². The number of nitrogens with one attached hydrogen (secondary N) is 2. The number of H-pyrrole nitrogens is 1. The van der Waals surface area contributed by atoms with Crippen molar-refractivity contribution in [2.75, 3.05) is 32.8 Å². The quantitative estimate of drug-likeness (QED) is 0.443. The molecule has 0 atom stereocenters. The Morgan fingerprint density at radius 2 is 1.88 bits per heavy atom. The molecular weight excluding hydrogens is 439 g/mol. The minimum absolute atomic E-state index is 0.0900. The van der Waals surface area contributed by atoms with E-state index in [2.05, 4.69) is 15.3 Å². The topological polar surface area (TPSA) is 88.7 Å². The van der Waals surface area contributed by atoms with Gasteiger partial charge in [-0.3, -0.25) is 4.98 Å². The third-order valence-electron chi connectivity index (χ3n) is 5.70. The molecule has 2 aromatic carbocycles. The fraction of sp³-hybridized carbons (Fsp3) is 0.280. The summed E-state index contributed by atoms with van der Waals surface area (Å²) in [7, 11) is 0. The smallest absolute Gasteiger partial charge is 0.415 e. The summed E-state index contributed by atoms with van der Waals surface area (Å²) < 4.78 is 32.5. The van der Waals surface area contributed by atoms with E-state index in [4.69, 9.17) is 14.2 Å². The molecule has 1 aliphatic rings. The molecule has 1 aliphatic heterocycles. The third-order valence-corrected chi connectivity index (χ3v) is 5.70. The first-order valence-corrected chi connectivity index (χ1v) is 11.2. The lowest BCUT2D eigenvalue weighted by molar-refractivity contribution is 0.144. The van der Waals surface area contributed by atoms with Crippen molar-refractivity contribution >= 4 is 27.9 Å². The number of amides is 1. The van der Waals surface area contributed by atoms with Crippen LogP contribution in [-0.4, -0.2) is 53.7 Å². The Morgan fingerprint density at radius 1 is 1.06 bits per heavy atom. The van der Waals surface area contributed by atoms with E-state index in [0.717, 1.165) is 5.69 Å². The van der Waals surface area contributed by atoms with Crippen molar-refractivity contribution in [2.24, 2.45) is 0 Å². The van der Waals surface area contributed by atoms with E-state index < -0.39 is 11.9 Å². The molecule has 5 rings (SSSR count). The number of carbonyl (C=O) groups excluding carboxylic acids is 1. The van der Waals surface area contributed by atoms with E-state index in [1.165, 1.54) is 0 Å². The normalized spacial score (nSPS) is 13.9. The lowest BCUT2D eigenvalue weighted by Gasteiger charge is -2.26. The zero-order chi connectivity index (χ0) is 23.7. The Kier molecular flexibility index (Phi) is 5.93. The van der Waals surface area contributed by atoms with E-state index >= 15 is 4.39 Å². The minimum atomic E-state index is -0.455. The second kappa shape index (κ2) is 9.18. The van der Waals surface area contributed by atoms with Crippen molar-refractivity contribution in [3.63, 3.8) is 0 Å². The molecule has 34 heavy (non-hydrogen) atoms. The molecule has 2 N–H and O–H groups in total. The first kappa shape index (κ1) is 22.0. The molecule has 0 unspecified atom stereocenters. The van der Waals surface area contributed by atoms with Crippen molar-refractivity contribution in [1.29, 1.82) is 0 Å². The molecule has 4 aromatic rings. The van der Waals surface area contributed by atoms with Crippen LogP contribution in [0.4, 0.5) is 9.18 Å². The molecule has 0 bridgehead atoms.